The lowest BCUT2D eigenvalue weighted by molar-refractivity contribution is 0.0970. The van der Waals surface area contributed by atoms with Gasteiger partial charge in [0, 0.05) is 28.4 Å². The molecule has 3 heterocycles. The third kappa shape index (κ3) is 3.47. The fourth-order valence-corrected chi connectivity index (χ4v) is 4.55. The van der Waals surface area contributed by atoms with E-state index in [0.717, 1.165) is 21.8 Å². The highest BCUT2D eigenvalue weighted by Gasteiger charge is 2.17. The number of carbonyl (C=O) groups is 1. The van der Waals surface area contributed by atoms with Gasteiger partial charge in [-0.15, -0.1) is 17.9 Å². The van der Waals surface area contributed by atoms with Gasteiger partial charge in [-0.1, -0.05) is 36.4 Å². The van der Waals surface area contributed by atoms with E-state index in [-0.39, 0.29) is 17.9 Å². The molecule has 4 aromatic rings. The predicted molar refractivity (Wildman–Crippen MR) is 118 cm³/mol. The molecule has 0 spiro atoms. The Morgan fingerprint density at radius 3 is 2.69 bits per heavy atom. The first-order valence-corrected chi connectivity index (χ1v) is 10.2. The monoisotopic (exact) mass is 403 g/mol. The molecule has 6 heteroatoms. The second kappa shape index (κ2) is 7.64. The van der Waals surface area contributed by atoms with Crippen LogP contribution >= 0.6 is 11.3 Å². The van der Waals surface area contributed by atoms with E-state index in [1.165, 1.54) is 22.2 Å². The minimum Gasteiger partial charge on any atom is -0.345 e. The van der Waals surface area contributed by atoms with Crippen molar-refractivity contribution in [2.24, 2.45) is 0 Å². The van der Waals surface area contributed by atoms with Gasteiger partial charge >= 0.3 is 0 Å². The smallest absolute Gasteiger partial charge is 0.262 e. The van der Waals surface area contributed by atoms with Gasteiger partial charge in [0.25, 0.3) is 5.56 Å². The van der Waals surface area contributed by atoms with Crippen LogP contribution in [0.1, 0.15) is 21.7 Å². The van der Waals surface area contributed by atoms with Crippen molar-refractivity contribution in [3.05, 3.63) is 88.8 Å². The van der Waals surface area contributed by atoms with Crippen molar-refractivity contribution in [3.8, 4) is 10.4 Å². The molecule has 0 N–H and O–H groups in total. The zero-order valence-corrected chi connectivity index (χ0v) is 17.2. The number of aryl methyl sites for hydroxylation is 1. The highest BCUT2D eigenvalue weighted by atomic mass is 32.1. The van der Waals surface area contributed by atoms with Crippen LogP contribution in [0.5, 0.6) is 0 Å². The molecule has 4 rings (SSSR count). The molecule has 0 saturated heterocycles. The van der Waals surface area contributed by atoms with Gasteiger partial charge < -0.3 is 4.57 Å². The summed E-state index contributed by atoms with van der Waals surface area (Å²) in [7, 11) is 0. The maximum Gasteiger partial charge on any atom is 0.262 e. The minimum atomic E-state index is -0.193. The lowest BCUT2D eigenvalue weighted by Crippen LogP contribution is -2.24. The van der Waals surface area contributed by atoms with Gasteiger partial charge in [0.2, 0.25) is 0 Å². The summed E-state index contributed by atoms with van der Waals surface area (Å²) in [5.74, 6) is -0.102. The second-order valence-electron chi connectivity index (χ2n) is 6.98. The van der Waals surface area contributed by atoms with Crippen LogP contribution in [0.3, 0.4) is 0 Å². The molecular formula is C23H21N3O2S. The Hall–Kier alpha value is -3.25. The lowest BCUT2D eigenvalue weighted by Gasteiger charge is -2.07. The fraction of sp³-hybridized carbons (Fsp3) is 0.174. The number of rotatable bonds is 6. The summed E-state index contributed by atoms with van der Waals surface area (Å²) in [5.41, 5.74) is 3.37. The molecular weight excluding hydrogens is 382 g/mol. The number of Topliss-reactive ketones (excluding diaryl/α,β-unsaturated/α-hetero) is 1. The molecule has 0 bridgehead atoms. The summed E-state index contributed by atoms with van der Waals surface area (Å²) in [5, 5.41) is 0.543. The van der Waals surface area contributed by atoms with E-state index in [4.69, 9.17) is 0 Å². The summed E-state index contributed by atoms with van der Waals surface area (Å²) in [6, 6.07) is 13.6. The Labute approximate surface area is 172 Å². The highest BCUT2D eigenvalue weighted by molar-refractivity contribution is 7.21. The van der Waals surface area contributed by atoms with E-state index < -0.39 is 0 Å². The van der Waals surface area contributed by atoms with Crippen molar-refractivity contribution in [3.63, 3.8) is 0 Å². The molecule has 0 amide bonds. The van der Waals surface area contributed by atoms with E-state index in [1.54, 1.807) is 6.08 Å². The van der Waals surface area contributed by atoms with Gasteiger partial charge in [0.1, 0.15) is 4.83 Å². The number of hydrogen-bond acceptors (Lipinski definition) is 4. The molecule has 0 aliphatic rings. The van der Waals surface area contributed by atoms with Crippen LogP contribution < -0.4 is 5.56 Å². The summed E-state index contributed by atoms with van der Waals surface area (Å²) >= 11 is 1.48. The average Bonchev–Trinajstić information content (AvgIpc) is 3.28. The first-order chi connectivity index (χ1) is 14.0. The first-order valence-electron chi connectivity index (χ1n) is 9.35. The summed E-state index contributed by atoms with van der Waals surface area (Å²) in [6.07, 6.45) is 3.27. The van der Waals surface area contributed by atoms with Crippen LogP contribution in [-0.4, -0.2) is 19.9 Å². The van der Waals surface area contributed by atoms with Gasteiger partial charge in [-0.05, 0) is 31.5 Å². The number of nitrogens with zero attached hydrogens (tertiary/aromatic N) is 3. The zero-order valence-electron chi connectivity index (χ0n) is 16.4. The van der Waals surface area contributed by atoms with Gasteiger partial charge in [-0.3, -0.25) is 14.2 Å². The van der Waals surface area contributed by atoms with Gasteiger partial charge in [-0.25, -0.2) is 4.98 Å². The third-order valence-electron chi connectivity index (χ3n) is 5.08. The van der Waals surface area contributed by atoms with Crippen LogP contribution in [0.4, 0.5) is 0 Å². The van der Waals surface area contributed by atoms with Crippen molar-refractivity contribution >= 4 is 27.3 Å². The number of benzene rings is 1. The molecule has 29 heavy (non-hydrogen) atoms. The van der Waals surface area contributed by atoms with E-state index in [1.807, 2.05) is 60.9 Å². The summed E-state index contributed by atoms with van der Waals surface area (Å²) in [6.45, 7) is 8.26. The van der Waals surface area contributed by atoms with Crippen molar-refractivity contribution in [2.75, 3.05) is 0 Å². The maximum absolute atomic E-state index is 13.0. The van der Waals surface area contributed by atoms with Crippen molar-refractivity contribution in [1.29, 1.82) is 0 Å². The van der Waals surface area contributed by atoms with Crippen LogP contribution in [0.25, 0.3) is 20.7 Å². The topological polar surface area (TPSA) is 56.9 Å². The standard InChI is InChI=1S/C23H21N3O2S/c1-4-10-26-15(2)11-18(16(26)3)20(27)13-25-14-24-22-19(23(25)28)12-21(29-22)17-8-6-5-7-9-17/h4-9,11-12,14H,1,10,13H2,2-3H3. The molecule has 0 radical (unpaired) electrons. The summed E-state index contributed by atoms with van der Waals surface area (Å²) in [4.78, 5) is 31.9. The number of fused-ring (bicyclic) bond motifs is 1. The Morgan fingerprint density at radius 1 is 1.21 bits per heavy atom. The Balaban J connectivity index is 1.67. The largest absolute Gasteiger partial charge is 0.345 e. The van der Waals surface area contributed by atoms with E-state index in [9.17, 15) is 9.59 Å². The molecule has 0 saturated carbocycles. The van der Waals surface area contributed by atoms with E-state index >= 15 is 0 Å². The maximum atomic E-state index is 13.0. The fourth-order valence-electron chi connectivity index (χ4n) is 3.55. The molecule has 0 aliphatic heterocycles. The second-order valence-corrected chi connectivity index (χ2v) is 8.01. The zero-order chi connectivity index (χ0) is 20.5. The normalized spacial score (nSPS) is 11.1. The van der Waals surface area contributed by atoms with Gasteiger partial charge in [-0.2, -0.15) is 0 Å². The number of aromatic nitrogens is 3. The third-order valence-corrected chi connectivity index (χ3v) is 6.17. The van der Waals surface area contributed by atoms with E-state index in [2.05, 4.69) is 11.6 Å². The molecule has 3 aromatic heterocycles. The van der Waals surface area contributed by atoms with Crippen LogP contribution in [-0.2, 0) is 13.1 Å². The number of hydrogen-bond donors (Lipinski definition) is 0. The average molecular weight is 404 g/mol. The first kappa shape index (κ1) is 19.1. The molecule has 146 valence electrons. The Morgan fingerprint density at radius 2 is 1.97 bits per heavy atom. The van der Waals surface area contributed by atoms with Crippen molar-refractivity contribution < 1.29 is 4.79 Å². The Kier molecular flexibility index (Phi) is 5.03. The van der Waals surface area contributed by atoms with Gasteiger partial charge in [0.15, 0.2) is 5.78 Å². The predicted octanol–water partition coefficient (Wildman–Crippen LogP) is 4.61. The molecule has 0 fully saturated rings. The minimum absolute atomic E-state index is 0.0311. The summed E-state index contributed by atoms with van der Waals surface area (Å²) < 4.78 is 3.43. The van der Waals surface area contributed by atoms with E-state index in [0.29, 0.717) is 22.3 Å². The van der Waals surface area contributed by atoms with Crippen LogP contribution in [0.15, 0.2) is 66.2 Å². The number of carbonyl (C=O) groups excluding carboxylic acids is 1. The van der Waals surface area contributed by atoms with Crippen molar-refractivity contribution in [1.82, 2.24) is 14.1 Å². The lowest BCUT2D eigenvalue weighted by atomic mass is 10.1. The SMILES string of the molecule is C=CCn1c(C)cc(C(=O)Cn2cnc3sc(-c4ccccc4)cc3c2=O)c1C. The molecule has 5 nitrogen and oxygen atoms in total. The molecule has 0 aliphatic carbocycles. The molecule has 0 unspecified atom stereocenters. The molecule has 1 aromatic carbocycles. The van der Waals surface area contributed by atoms with Gasteiger partial charge in [0.05, 0.1) is 18.3 Å². The number of ketones is 1. The highest BCUT2D eigenvalue weighted by Crippen LogP contribution is 2.30. The number of thiophene rings is 1. The van der Waals surface area contributed by atoms with Crippen molar-refractivity contribution in [2.45, 2.75) is 26.9 Å². The molecule has 0 atom stereocenters. The number of allylic oxidation sites excluding steroid dienone is 1. The Bertz CT molecular complexity index is 1280. The van der Waals surface area contributed by atoms with Crippen LogP contribution in [0.2, 0.25) is 0 Å². The quantitative estimate of drug-likeness (QED) is 0.349. The van der Waals surface area contributed by atoms with Crippen LogP contribution in [0, 0.1) is 13.8 Å².